The van der Waals surface area contributed by atoms with E-state index in [-0.39, 0.29) is 30.9 Å². The molecule has 0 radical (unpaired) electrons. The minimum absolute atomic E-state index is 0.0164. The number of aliphatic hydroxyl groups excluding tert-OH is 2. The van der Waals surface area contributed by atoms with Crippen molar-refractivity contribution in [3.8, 4) is 0 Å². The van der Waals surface area contributed by atoms with Gasteiger partial charge in [0.15, 0.2) is 12.3 Å². The zero-order valence-electron chi connectivity index (χ0n) is 41.7. The van der Waals surface area contributed by atoms with Gasteiger partial charge in [0, 0.05) is 19.0 Å². The second kappa shape index (κ2) is 35.6. The lowest BCUT2D eigenvalue weighted by molar-refractivity contribution is -0.161. The molecule has 0 spiro atoms. The van der Waals surface area contributed by atoms with Crippen LogP contribution in [0.25, 0.3) is 0 Å². The van der Waals surface area contributed by atoms with Gasteiger partial charge in [0.1, 0.15) is 30.7 Å². The molecular formula is C50H81N3O16P2. The van der Waals surface area contributed by atoms with E-state index in [0.717, 1.165) is 81.4 Å². The Balaban J connectivity index is 1.42. The van der Waals surface area contributed by atoms with E-state index >= 15 is 0 Å². The van der Waals surface area contributed by atoms with Crippen LogP contribution < -0.4 is 11.4 Å². The predicted molar refractivity (Wildman–Crippen MR) is 270 cm³/mol. The van der Waals surface area contributed by atoms with Crippen LogP contribution in [0.4, 0.5) is 5.82 Å². The van der Waals surface area contributed by atoms with E-state index in [4.69, 9.17) is 33.7 Å². The van der Waals surface area contributed by atoms with Gasteiger partial charge >= 0.3 is 33.3 Å². The van der Waals surface area contributed by atoms with Gasteiger partial charge in [-0.05, 0) is 89.5 Å². The monoisotopic (exact) mass is 1040 g/mol. The van der Waals surface area contributed by atoms with Crippen LogP contribution in [0.3, 0.4) is 0 Å². The lowest BCUT2D eigenvalue weighted by Gasteiger charge is -2.21. The first-order valence-electron chi connectivity index (χ1n) is 25.4. The number of allylic oxidation sites excluding steroid dienone is 8. The molecule has 9 atom stereocenters. The van der Waals surface area contributed by atoms with Gasteiger partial charge in [0.25, 0.3) is 0 Å². The Morgan fingerprint density at radius 1 is 0.690 bits per heavy atom. The number of phosphoric ester groups is 2. The molecule has 6 N–H and O–H groups in total. The molecular weight excluding hydrogens is 961 g/mol. The highest BCUT2D eigenvalue weighted by molar-refractivity contribution is 7.61. The third kappa shape index (κ3) is 27.9. The summed E-state index contributed by atoms with van der Waals surface area (Å²) in [6, 6.07) is 1.24. The number of phosphoric acid groups is 2. The van der Waals surface area contributed by atoms with Gasteiger partial charge in [-0.2, -0.15) is 9.29 Å². The Bertz CT molecular complexity index is 1990. The maximum absolute atomic E-state index is 12.9. The quantitative estimate of drug-likeness (QED) is 0.0135. The first-order chi connectivity index (χ1) is 34.1. The number of unbranched alkanes of at least 4 members (excludes halogenated alkanes) is 12. The van der Waals surface area contributed by atoms with Crippen LogP contribution in [0.1, 0.15) is 161 Å². The second-order valence-electron chi connectivity index (χ2n) is 17.7. The molecule has 3 rings (SSSR count). The van der Waals surface area contributed by atoms with Crippen molar-refractivity contribution >= 4 is 33.4 Å². The molecule has 2 aliphatic rings. The van der Waals surface area contributed by atoms with Gasteiger partial charge in [-0.1, -0.05) is 120 Å². The van der Waals surface area contributed by atoms with Crippen LogP contribution >= 0.6 is 15.6 Å². The summed E-state index contributed by atoms with van der Waals surface area (Å²) in [6.45, 7) is 2.01. The normalized spacial score (nSPS) is 22.5. The highest BCUT2D eigenvalue weighted by Crippen LogP contribution is 2.60. The summed E-state index contributed by atoms with van der Waals surface area (Å²) in [5.41, 5.74) is 4.58. The van der Waals surface area contributed by atoms with Crippen molar-refractivity contribution in [2.24, 2.45) is 0 Å². The number of ether oxygens (including phenoxy) is 4. The highest BCUT2D eigenvalue weighted by atomic mass is 31.3. The van der Waals surface area contributed by atoms with Crippen molar-refractivity contribution in [2.45, 2.75) is 198 Å². The number of anilines is 1. The number of nitrogen functional groups attached to an aromatic ring is 1. The average molecular weight is 1040 g/mol. The number of nitrogens with zero attached hydrogens (tertiary/aromatic N) is 2. The van der Waals surface area contributed by atoms with E-state index in [9.17, 15) is 43.5 Å². The largest absolute Gasteiger partial charge is 0.481 e. The molecule has 1 aromatic heterocycles. The number of epoxide rings is 1. The third-order valence-corrected chi connectivity index (χ3v) is 14.1. The fourth-order valence-corrected chi connectivity index (χ4v) is 9.49. The summed E-state index contributed by atoms with van der Waals surface area (Å²) in [5.74, 6) is -1.39. The number of carbonyl (C=O) groups is 2. The maximum atomic E-state index is 12.9. The van der Waals surface area contributed by atoms with E-state index in [2.05, 4.69) is 71.8 Å². The standard InChI is InChI=1S/C50H81N3O16P2/c1-3-5-7-9-11-13-14-15-16-17-18-20-22-24-30-34-46(55)66-40(37-63-45(54)33-29-26-25-28-32-42-41(67-42)31-27-23-21-19-12-10-8-6-4-2)38-64-70(59,60)69-71(61,62)65-39-43-47(56)48(57)49(68-43)53-36-35-44(51)52-50(53)58/h11-13,15-16,19,23,25,27-28,35-36,40-43,47-49,56-57H,3-10,14,17-18,20-22,24,26,29-34,37-39H2,1-2H3,(H,59,60)(H,61,62)(H2,51,52,58)/b13-11-,16-15-,19-12-,27-23-,28-25-/t40-,41?,42?,43-,47-,48-,49-/m1/s1. The highest BCUT2D eigenvalue weighted by Gasteiger charge is 2.46. The zero-order chi connectivity index (χ0) is 51.7. The van der Waals surface area contributed by atoms with Gasteiger partial charge in [0.2, 0.25) is 0 Å². The van der Waals surface area contributed by atoms with Crippen molar-refractivity contribution in [3.05, 3.63) is 83.5 Å². The summed E-state index contributed by atoms with van der Waals surface area (Å²) in [4.78, 5) is 61.9. The van der Waals surface area contributed by atoms with Gasteiger partial charge in [0.05, 0.1) is 25.4 Å². The Labute approximate surface area is 419 Å². The Morgan fingerprint density at radius 2 is 1.23 bits per heavy atom. The average Bonchev–Trinajstić information content (AvgIpc) is 4.02. The van der Waals surface area contributed by atoms with Gasteiger partial charge in [-0.3, -0.25) is 23.2 Å². The zero-order valence-corrected chi connectivity index (χ0v) is 43.5. The summed E-state index contributed by atoms with van der Waals surface area (Å²) in [5, 5.41) is 20.9. The fourth-order valence-electron chi connectivity index (χ4n) is 7.38. The molecule has 0 aromatic carbocycles. The molecule has 402 valence electrons. The molecule has 2 aliphatic heterocycles. The van der Waals surface area contributed by atoms with E-state index in [0.29, 0.717) is 19.3 Å². The lowest BCUT2D eigenvalue weighted by atomic mass is 10.1. The minimum atomic E-state index is -5.44. The number of aliphatic hydroxyl groups is 2. The summed E-state index contributed by atoms with van der Waals surface area (Å²) < 4.78 is 62.5. The van der Waals surface area contributed by atoms with Crippen LogP contribution in [-0.4, -0.2) is 97.9 Å². The first kappa shape index (κ1) is 61.7. The SMILES string of the molecule is CCCCC/C=C\C/C=C\CCCCCCCC(=O)O[C@H](COC(=O)CCC/C=C\CC1OC1C/C=C\C/C=C\CCCCC)COP(=O)(O)OP(=O)(O)OC[C@H]1O[C@@H](n2ccc(N)nc2=O)[C@H](O)[C@@H]1O. The molecule has 3 heterocycles. The number of carbonyl (C=O) groups excluding carboxylic acids is 2. The molecule has 0 bridgehead atoms. The Hall–Kier alpha value is -3.58. The summed E-state index contributed by atoms with van der Waals surface area (Å²) in [7, 11) is -10.9. The summed E-state index contributed by atoms with van der Waals surface area (Å²) in [6.07, 6.45) is 34.7. The smallest absolute Gasteiger partial charge is 0.462 e. The van der Waals surface area contributed by atoms with Crippen LogP contribution in [-0.2, 0) is 51.0 Å². The van der Waals surface area contributed by atoms with Crippen molar-refractivity contribution in [1.29, 1.82) is 0 Å². The Kier molecular flexibility index (Phi) is 30.9. The predicted octanol–water partition coefficient (Wildman–Crippen LogP) is 9.32. The van der Waals surface area contributed by atoms with E-state index in [1.54, 1.807) is 0 Å². The van der Waals surface area contributed by atoms with Crippen LogP contribution in [0.2, 0.25) is 0 Å². The number of nitrogens with two attached hydrogens (primary N) is 1. The third-order valence-electron chi connectivity index (χ3n) is 11.5. The molecule has 0 amide bonds. The van der Waals surface area contributed by atoms with Gasteiger partial charge in [-0.15, -0.1) is 0 Å². The molecule has 4 unspecified atom stereocenters. The van der Waals surface area contributed by atoms with Gasteiger partial charge < -0.3 is 44.7 Å². The second-order valence-corrected chi connectivity index (χ2v) is 20.7. The number of esters is 2. The Morgan fingerprint density at radius 3 is 1.86 bits per heavy atom. The maximum Gasteiger partial charge on any atom is 0.481 e. The molecule has 19 nitrogen and oxygen atoms in total. The molecule has 2 saturated heterocycles. The molecule has 21 heteroatoms. The molecule has 2 fully saturated rings. The number of aromatic nitrogens is 2. The van der Waals surface area contributed by atoms with Crippen LogP contribution in [0.15, 0.2) is 77.8 Å². The number of rotatable bonds is 40. The van der Waals surface area contributed by atoms with Crippen molar-refractivity contribution in [1.82, 2.24) is 9.55 Å². The van der Waals surface area contributed by atoms with E-state index in [1.807, 2.05) is 12.2 Å². The molecule has 71 heavy (non-hydrogen) atoms. The van der Waals surface area contributed by atoms with Gasteiger partial charge in [-0.25, -0.2) is 13.9 Å². The van der Waals surface area contributed by atoms with Crippen molar-refractivity contribution < 1.29 is 71.0 Å². The first-order valence-corrected chi connectivity index (χ1v) is 28.4. The minimum Gasteiger partial charge on any atom is -0.462 e. The summed E-state index contributed by atoms with van der Waals surface area (Å²) >= 11 is 0. The van der Waals surface area contributed by atoms with Crippen LogP contribution in [0, 0.1) is 0 Å². The fraction of sp³-hybridized carbons (Fsp3) is 0.680. The topological polar surface area (TPSA) is 278 Å². The van der Waals surface area contributed by atoms with Crippen molar-refractivity contribution in [2.75, 3.05) is 25.6 Å². The van der Waals surface area contributed by atoms with Crippen LogP contribution in [0.5, 0.6) is 0 Å². The van der Waals surface area contributed by atoms with E-state index in [1.165, 1.54) is 44.6 Å². The molecule has 1 aromatic rings. The number of hydrogen-bond acceptors (Lipinski definition) is 16. The molecule has 0 aliphatic carbocycles. The number of hydrogen-bond donors (Lipinski definition) is 5. The molecule has 0 saturated carbocycles. The lowest BCUT2D eigenvalue weighted by Crippen LogP contribution is -2.36. The van der Waals surface area contributed by atoms with E-state index < -0.39 is 83.7 Å². The van der Waals surface area contributed by atoms with Crippen molar-refractivity contribution in [3.63, 3.8) is 0 Å².